The van der Waals surface area contributed by atoms with Gasteiger partial charge in [-0.1, -0.05) is 36.4 Å². The third kappa shape index (κ3) is 5.07. The van der Waals surface area contributed by atoms with Crippen LogP contribution in [0.15, 0.2) is 65.9 Å². The van der Waals surface area contributed by atoms with Crippen LogP contribution in [0, 0.1) is 11.3 Å². The van der Waals surface area contributed by atoms with Crippen LogP contribution >= 0.6 is 0 Å². The van der Waals surface area contributed by atoms with E-state index < -0.39 is 6.04 Å². The lowest BCUT2D eigenvalue weighted by Gasteiger charge is -2.32. The summed E-state index contributed by atoms with van der Waals surface area (Å²) in [5, 5.41) is 23.3. The highest BCUT2D eigenvalue weighted by molar-refractivity contribution is 6.27. The molecule has 0 amide bonds. The van der Waals surface area contributed by atoms with E-state index in [-0.39, 0.29) is 28.7 Å². The molecule has 2 aromatic carbocycles. The van der Waals surface area contributed by atoms with E-state index in [0.717, 1.165) is 18.5 Å². The van der Waals surface area contributed by atoms with Gasteiger partial charge in [0.2, 0.25) is 0 Å². The number of carbonyl (C=O) groups is 1. The summed E-state index contributed by atoms with van der Waals surface area (Å²) in [7, 11) is 1.60. The number of carbonyl (C=O) groups excluding carboxylic acids is 1. The van der Waals surface area contributed by atoms with Gasteiger partial charge in [-0.15, -0.1) is 0 Å². The molecular formula is C24H28N2O4. The number of anilines is 1. The van der Waals surface area contributed by atoms with Gasteiger partial charge >= 0.3 is 0 Å². The SMILES string of the molecule is COc1cccc(NC(C(O)=C(C(=N)c2ccccc2)C(C)=O)C2CCOCC2)c1. The molecule has 3 rings (SSSR count). The molecule has 6 heteroatoms. The fourth-order valence-corrected chi connectivity index (χ4v) is 3.74. The quantitative estimate of drug-likeness (QED) is 0.343. The third-order valence-electron chi connectivity index (χ3n) is 5.34. The van der Waals surface area contributed by atoms with Crippen LogP contribution in [0.2, 0.25) is 0 Å². The summed E-state index contributed by atoms with van der Waals surface area (Å²) in [5.41, 5.74) is 1.41. The minimum Gasteiger partial charge on any atom is -0.509 e. The van der Waals surface area contributed by atoms with Gasteiger partial charge in [0, 0.05) is 30.5 Å². The maximum Gasteiger partial charge on any atom is 0.165 e. The van der Waals surface area contributed by atoms with E-state index in [1.165, 1.54) is 6.92 Å². The summed E-state index contributed by atoms with van der Waals surface area (Å²) in [6, 6.07) is 15.9. The fourth-order valence-electron chi connectivity index (χ4n) is 3.74. The number of ketones is 1. The fraction of sp³-hybridized carbons (Fsp3) is 0.333. The molecule has 1 fully saturated rings. The number of Topliss-reactive ketones (excluding diaryl/α,β-unsaturated/α-hetero) is 1. The number of rotatable bonds is 8. The van der Waals surface area contributed by atoms with Crippen molar-refractivity contribution in [3.8, 4) is 5.75 Å². The minimum absolute atomic E-state index is 0.0186. The monoisotopic (exact) mass is 408 g/mol. The molecule has 30 heavy (non-hydrogen) atoms. The molecule has 1 saturated heterocycles. The van der Waals surface area contributed by atoms with Gasteiger partial charge < -0.3 is 19.9 Å². The van der Waals surface area contributed by atoms with Crippen LogP contribution in [0.3, 0.4) is 0 Å². The minimum atomic E-state index is -0.524. The Morgan fingerprint density at radius 3 is 2.50 bits per heavy atom. The molecule has 1 unspecified atom stereocenters. The van der Waals surface area contributed by atoms with Crippen molar-refractivity contribution in [2.75, 3.05) is 25.6 Å². The molecule has 0 bridgehead atoms. The molecule has 0 saturated carbocycles. The van der Waals surface area contributed by atoms with Crippen LogP contribution in [0.4, 0.5) is 5.69 Å². The van der Waals surface area contributed by atoms with E-state index in [2.05, 4.69) is 5.32 Å². The summed E-state index contributed by atoms with van der Waals surface area (Å²) in [6.45, 7) is 2.58. The van der Waals surface area contributed by atoms with Crippen molar-refractivity contribution in [2.24, 2.45) is 5.92 Å². The maximum absolute atomic E-state index is 12.5. The molecule has 0 radical (unpaired) electrons. The van der Waals surface area contributed by atoms with Crippen molar-refractivity contribution in [3.05, 3.63) is 71.5 Å². The maximum atomic E-state index is 12.5. The first-order valence-electron chi connectivity index (χ1n) is 10.1. The number of benzene rings is 2. The Morgan fingerprint density at radius 2 is 1.87 bits per heavy atom. The zero-order valence-corrected chi connectivity index (χ0v) is 17.4. The topological polar surface area (TPSA) is 91.6 Å². The van der Waals surface area contributed by atoms with E-state index in [0.29, 0.717) is 24.5 Å². The normalized spacial score (nSPS) is 16.3. The van der Waals surface area contributed by atoms with Crippen LogP contribution in [0.5, 0.6) is 5.75 Å². The van der Waals surface area contributed by atoms with Crippen LogP contribution in [0.25, 0.3) is 0 Å². The lowest BCUT2D eigenvalue weighted by atomic mass is 9.86. The predicted octanol–water partition coefficient (Wildman–Crippen LogP) is 4.37. The van der Waals surface area contributed by atoms with Gasteiger partial charge in [0.1, 0.15) is 11.5 Å². The second kappa shape index (κ2) is 10.1. The zero-order valence-electron chi connectivity index (χ0n) is 17.4. The Labute approximate surface area is 177 Å². The number of nitrogens with one attached hydrogen (secondary N) is 2. The first-order valence-corrected chi connectivity index (χ1v) is 10.1. The van der Waals surface area contributed by atoms with E-state index in [1.807, 2.05) is 42.5 Å². The summed E-state index contributed by atoms with van der Waals surface area (Å²) in [4.78, 5) is 12.5. The predicted molar refractivity (Wildman–Crippen MR) is 118 cm³/mol. The van der Waals surface area contributed by atoms with Crippen molar-refractivity contribution in [1.29, 1.82) is 5.41 Å². The summed E-state index contributed by atoms with van der Waals surface area (Å²) < 4.78 is 10.8. The average molecular weight is 408 g/mol. The first-order chi connectivity index (χ1) is 14.5. The standard InChI is InChI=1S/C24H28N2O4/c1-16(27)21(22(25)17-7-4-3-5-8-17)24(28)23(18-11-13-30-14-12-18)26-19-9-6-10-20(15-19)29-2/h3-10,15,18,23,25-26,28H,11-14H2,1-2H3. The van der Waals surface area contributed by atoms with Crippen LogP contribution in [0.1, 0.15) is 25.3 Å². The Kier molecular flexibility index (Phi) is 7.25. The molecule has 0 aliphatic carbocycles. The van der Waals surface area contributed by atoms with Crippen molar-refractivity contribution >= 4 is 17.2 Å². The van der Waals surface area contributed by atoms with E-state index >= 15 is 0 Å². The highest BCUT2D eigenvalue weighted by Crippen LogP contribution is 2.29. The Balaban J connectivity index is 2.02. The highest BCUT2D eigenvalue weighted by atomic mass is 16.5. The number of ether oxygens (including phenoxy) is 2. The molecular weight excluding hydrogens is 380 g/mol. The second-order valence-corrected chi connectivity index (χ2v) is 7.36. The lowest BCUT2D eigenvalue weighted by Crippen LogP contribution is -2.37. The number of aliphatic hydroxyl groups is 1. The molecule has 0 spiro atoms. The summed E-state index contributed by atoms with van der Waals surface area (Å²) in [5.74, 6) is 0.304. The van der Waals surface area contributed by atoms with Gasteiger partial charge in [-0.25, -0.2) is 0 Å². The largest absolute Gasteiger partial charge is 0.509 e. The number of hydrogen-bond acceptors (Lipinski definition) is 6. The van der Waals surface area contributed by atoms with Gasteiger partial charge in [0.15, 0.2) is 5.78 Å². The number of hydrogen-bond donors (Lipinski definition) is 3. The molecule has 158 valence electrons. The number of allylic oxidation sites excluding steroid dienone is 1. The summed E-state index contributed by atoms with van der Waals surface area (Å²) in [6.07, 6.45) is 1.49. The van der Waals surface area contributed by atoms with E-state index in [4.69, 9.17) is 14.9 Å². The molecule has 2 aromatic rings. The molecule has 3 N–H and O–H groups in total. The van der Waals surface area contributed by atoms with Crippen molar-refractivity contribution in [3.63, 3.8) is 0 Å². The number of aliphatic hydroxyl groups excluding tert-OH is 1. The van der Waals surface area contributed by atoms with Crippen molar-refractivity contribution in [2.45, 2.75) is 25.8 Å². The van der Waals surface area contributed by atoms with Crippen molar-refractivity contribution < 1.29 is 19.4 Å². The Bertz CT molecular complexity index is 918. The second-order valence-electron chi connectivity index (χ2n) is 7.36. The first kappa shape index (κ1) is 21.6. The van der Waals surface area contributed by atoms with Crippen LogP contribution in [-0.4, -0.2) is 43.0 Å². The van der Waals surface area contributed by atoms with Crippen molar-refractivity contribution in [1.82, 2.24) is 0 Å². The van der Waals surface area contributed by atoms with Gasteiger partial charge in [0.05, 0.1) is 24.4 Å². The zero-order chi connectivity index (χ0) is 21.5. The average Bonchev–Trinajstić information content (AvgIpc) is 2.78. The van der Waals surface area contributed by atoms with Gasteiger partial charge in [-0.2, -0.15) is 0 Å². The molecule has 1 heterocycles. The highest BCUT2D eigenvalue weighted by Gasteiger charge is 2.31. The van der Waals surface area contributed by atoms with E-state index in [1.54, 1.807) is 19.2 Å². The van der Waals surface area contributed by atoms with Gasteiger partial charge in [-0.3, -0.25) is 10.2 Å². The molecule has 0 aromatic heterocycles. The Hall–Kier alpha value is -3.12. The third-order valence-corrected chi connectivity index (χ3v) is 5.34. The molecule has 1 aliphatic rings. The summed E-state index contributed by atoms with van der Waals surface area (Å²) >= 11 is 0. The van der Waals surface area contributed by atoms with Gasteiger partial charge in [0.25, 0.3) is 0 Å². The smallest absolute Gasteiger partial charge is 0.165 e. The molecule has 6 nitrogen and oxygen atoms in total. The number of methoxy groups -OCH3 is 1. The van der Waals surface area contributed by atoms with Gasteiger partial charge in [-0.05, 0) is 37.8 Å². The molecule has 1 atom stereocenters. The molecule has 1 aliphatic heterocycles. The lowest BCUT2D eigenvalue weighted by molar-refractivity contribution is -0.113. The van der Waals surface area contributed by atoms with Crippen LogP contribution < -0.4 is 10.1 Å². The van der Waals surface area contributed by atoms with Crippen LogP contribution in [-0.2, 0) is 9.53 Å². The Morgan fingerprint density at radius 1 is 1.17 bits per heavy atom. The van der Waals surface area contributed by atoms with E-state index in [9.17, 15) is 9.90 Å².